The highest BCUT2D eigenvalue weighted by atomic mass is 35.5. The van der Waals surface area contributed by atoms with Gasteiger partial charge in [-0.2, -0.15) is 0 Å². The van der Waals surface area contributed by atoms with Crippen LogP contribution in [0.15, 0.2) is 12.3 Å². The van der Waals surface area contributed by atoms with Crippen LogP contribution in [0.3, 0.4) is 0 Å². The van der Waals surface area contributed by atoms with E-state index in [0.717, 1.165) is 19.5 Å². The lowest BCUT2D eigenvalue weighted by Crippen LogP contribution is -2.36. The molecule has 0 saturated heterocycles. The number of nitrogens with zero attached hydrogens (tertiary/aromatic N) is 2. The Morgan fingerprint density at radius 1 is 1.43 bits per heavy atom. The van der Waals surface area contributed by atoms with Crippen molar-refractivity contribution in [2.75, 3.05) is 32.0 Å². The summed E-state index contributed by atoms with van der Waals surface area (Å²) in [6, 6.07) is 2.15. The van der Waals surface area contributed by atoms with Gasteiger partial charge in [-0.15, -0.1) is 0 Å². The van der Waals surface area contributed by atoms with Gasteiger partial charge in [0.2, 0.25) is 0 Å². The number of hydrogen-bond donors (Lipinski definition) is 2. The Morgan fingerprint density at radius 2 is 2.14 bits per heavy atom. The summed E-state index contributed by atoms with van der Waals surface area (Å²) >= 11 is 6.06. The predicted molar refractivity (Wildman–Crippen MR) is 88.1 cm³/mol. The van der Waals surface area contributed by atoms with Gasteiger partial charge in [-0.05, 0) is 33.4 Å². The predicted octanol–water partition coefficient (Wildman–Crippen LogP) is 2.63. The van der Waals surface area contributed by atoms with Crippen molar-refractivity contribution in [1.29, 1.82) is 0 Å². The summed E-state index contributed by atoms with van der Waals surface area (Å²) in [5.74, 6) is 0.504. The minimum Gasteiger partial charge on any atom is -0.370 e. The van der Waals surface area contributed by atoms with Gasteiger partial charge in [0.25, 0.3) is 5.91 Å². The number of aromatic nitrogens is 1. The lowest BCUT2D eigenvalue weighted by atomic mass is 10.2. The number of amides is 1. The lowest BCUT2D eigenvalue weighted by Gasteiger charge is -2.21. The second kappa shape index (κ2) is 8.85. The van der Waals surface area contributed by atoms with Gasteiger partial charge in [0, 0.05) is 31.9 Å². The maximum atomic E-state index is 12.2. The molecule has 2 N–H and O–H groups in total. The number of hydrogen-bond acceptors (Lipinski definition) is 4. The first kappa shape index (κ1) is 17.7. The molecule has 1 heterocycles. The number of carbonyl (C=O) groups excluding carboxylic acids is 1. The molecule has 0 radical (unpaired) electrons. The third-order valence-electron chi connectivity index (χ3n) is 3.29. The number of carbonyl (C=O) groups is 1. The molecule has 0 aromatic carbocycles. The van der Waals surface area contributed by atoms with Crippen LogP contribution in [-0.4, -0.2) is 48.5 Å². The molecule has 0 aliphatic carbocycles. The van der Waals surface area contributed by atoms with Gasteiger partial charge >= 0.3 is 0 Å². The Labute approximate surface area is 132 Å². The number of rotatable bonds is 8. The highest BCUT2D eigenvalue weighted by Crippen LogP contribution is 2.17. The van der Waals surface area contributed by atoms with Gasteiger partial charge in [-0.3, -0.25) is 4.79 Å². The summed E-state index contributed by atoms with van der Waals surface area (Å²) in [5, 5.41) is 6.40. The van der Waals surface area contributed by atoms with Crippen molar-refractivity contribution in [1.82, 2.24) is 15.2 Å². The summed E-state index contributed by atoms with van der Waals surface area (Å²) in [5.41, 5.74) is 0.456. The highest BCUT2D eigenvalue weighted by Gasteiger charge is 2.12. The maximum Gasteiger partial charge on any atom is 0.253 e. The van der Waals surface area contributed by atoms with E-state index in [1.165, 1.54) is 6.20 Å². The summed E-state index contributed by atoms with van der Waals surface area (Å²) in [6.45, 7) is 8.51. The van der Waals surface area contributed by atoms with Crippen LogP contribution in [0.2, 0.25) is 5.02 Å². The molecule has 1 aromatic rings. The minimum atomic E-state index is -0.167. The first-order valence-corrected chi connectivity index (χ1v) is 7.71. The Morgan fingerprint density at radius 3 is 2.76 bits per heavy atom. The second-order valence-electron chi connectivity index (χ2n) is 5.31. The first-order valence-electron chi connectivity index (χ1n) is 7.33. The quantitative estimate of drug-likeness (QED) is 0.775. The Balaban J connectivity index is 2.60. The van der Waals surface area contributed by atoms with Crippen molar-refractivity contribution in [2.45, 2.75) is 33.2 Å². The van der Waals surface area contributed by atoms with Crippen molar-refractivity contribution in [3.8, 4) is 0 Å². The smallest absolute Gasteiger partial charge is 0.253 e. The van der Waals surface area contributed by atoms with Gasteiger partial charge < -0.3 is 15.5 Å². The fraction of sp³-hybridized carbons (Fsp3) is 0.600. The van der Waals surface area contributed by atoms with Gasteiger partial charge in [0.05, 0.1) is 10.6 Å². The Hall–Kier alpha value is -1.33. The average molecular weight is 313 g/mol. The third kappa shape index (κ3) is 5.89. The van der Waals surface area contributed by atoms with Crippen molar-refractivity contribution in [3.63, 3.8) is 0 Å². The molecule has 0 aliphatic rings. The van der Waals surface area contributed by atoms with Crippen LogP contribution in [0.5, 0.6) is 0 Å². The van der Waals surface area contributed by atoms with Crippen LogP contribution >= 0.6 is 11.6 Å². The minimum absolute atomic E-state index is 0.167. The molecule has 0 atom stereocenters. The first-order chi connectivity index (χ1) is 9.95. The van der Waals surface area contributed by atoms with Crippen LogP contribution in [-0.2, 0) is 0 Å². The van der Waals surface area contributed by atoms with Crippen LogP contribution in [0.25, 0.3) is 0 Å². The van der Waals surface area contributed by atoms with Crippen LogP contribution < -0.4 is 10.6 Å². The van der Waals surface area contributed by atoms with E-state index < -0.39 is 0 Å². The molecule has 21 heavy (non-hydrogen) atoms. The molecule has 1 amide bonds. The van der Waals surface area contributed by atoms with Crippen molar-refractivity contribution < 1.29 is 4.79 Å². The normalized spacial score (nSPS) is 11.0. The van der Waals surface area contributed by atoms with Gasteiger partial charge in [-0.1, -0.05) is 18.5 Å². The van der Waals surface area contributed by atoms with Gasteiger partial charge in [-0.25, -0.2) is 4.98 Å². The summed E-state index contributed by atoms with van der Waals surface area (Å²) in [7, 11) is 2.03. The van der Waals surface area contributed by atoms with Crippen molar-refractivity contribution in [3.05, 3.63) is 22.8 Å². The van der Waals surface area contributed by atoms with E-state index in [9.17, 15) is 4.79 Å². The largest absolute Gasteiger partial charge is 0.370 e. The SMILES string of the molecule is CCCNc1cc(C(=O)NCCN(C)C(C)C)c(Cl)cn1. The number of pyridine rings is 1. The molecule has 6 heteroatoms. The molecule has 5 nitrogen and oxygen atoms in total. The van der Waals surface area contributed by atoms with Crippen LogP contribution in [0, 0.1) is 0 Å². The standard InChI is InChI=1S/C15H25ClN4O/c1-5-6-17-14-9-12(13(16)10-19-14)15(21)18-7-8-20(4)11(2)3/h9-11H,5-8H2,1-4H3,(H,17,19)(H,18,21). The zero-order valence-corrected chi connectivity index (χ0v) is 14.0. The molecule has 0 aliphatic heterocycles. The van der Waals surface area contributed by atoms with E-state index >= 15 is 0 Å². The number of nitrogens with one attached hydrogen (secondary N) is 2. The molecule has 0 saturated carbocycles. The molecule has 1 aromatic heterocycles. The zero-order valence-electron chi connectivity index (χ0n) is 13.2. The average Bonchev–Trinajstić information content (AvgIpc) is 2.45. The van der Waals surface area contributed by atoms with E-state index in [1.807, 2.05) is 7.05 Å². The summed E-state index contributed by atoms with van der Waals surface area (Å²) < 4.78 is 0. The number of halogens is 1. The topological polar surface area (TPSA) is 57.3 Å². The monoisotopic (exact) mass is 312 g/mol. The second-order valence-corrected chi connectivity index (χ2v) is 5.71. The van der Waals surface area contributed by atoms with Gasteiger partial charge in [0.15, 0.2) is 0 Å². The van der Waals surface area contributed by atoms with E-state index in [1.54, 1.807) is 6.07 Å². The van der Waals surface area contributed by atoms with Crippen LogP contribution in [0.1, 0.15) is 37.6 Å². The lowest BCUT2D eigenvalue weighted by molar-refractivity contribution is 0.0948. The van der Waals surface area contributed by atoms with E-state index in [-0.39, 0.29) is 5.91 Å². The number of likely N-dealkylation sites (N-methyl/N-ethyl adjacent to an activating group) is 1. The van der Waals surface area contributed by atoms with Crippen LogP contribution in [0.4, 0.5) is 5.82 Å². The van der Waals surface area contributed by atoms with E-state index in [4.69, 9.17) is 11.6 Å². The maximum absolute atomic E-state index is 12.2. The van der Waals surface area contributed by atoms with Gasteiger partial charge in [0.1, 0.15) is 5.82 Å². The van der Waals surface area contributed by atoms with E-state index in [0.29, 0.717) is 29.0 Å². The molecule has 0 spiro atoms. The Kier molecular flexibility index (Phi) is 7.47. The fourth-order valence-electron chi connectivity index (χ4n) is 1.66. The molecule has 0 bridgehead atoms. The summed E-state index contributed by atoms with van der Waals surface area (Å²) in [4.78, 5) is 18.5. The number of anilines is 1. The molecule has 118 valence electrons. The molecular formula is C15H25ClN4O. The van der Waals surface area contributed by atoms with E-state index in [2.05, 4.69) is 41.3 Å². The van der Waals surface area contributed by atoms with Crippen molar-refractivity contribution in [2.24, 2.45) is 0 Å². The molecule has 1 rings (SSSR count). The molecule has 0 fully saturated rings. The third-order valence-corrected chi connectivity index (χ3v) is 3.59. The molecule has 0 unspecified atom stereocenters. The van der Waals surface area contributed by atoms with Crippen molar-refractivity contribution >= 4 is 23.3 Å². The molecular weight excluding hydrogens is 288 g/mol. The zero-order chi connectivity index (χ0) is 15.8. The Bertz CT molecular complexity index is 465. The highest BCUT2D eigenvalue weighted by molar-refractivity contribution is 6.33. The summed E-state index contributed by atoms with van der Waals surface area (Å²) in [6.07, 6.45) is 2.50. The fourth-order valence-corrected chi connectivity index (χ4v) is 1.85.